The van der Waals surface area contributed by atoms with E-state index in [4.69, 9.17) is 0 Å². The largest absolute Gasteiger partial charge is 0.357 e. The van der Waals surface area contributed by atoms with Gasteiger partial charge in [-0.1, -0.05) is 78.1 Å². The summed E-state index contributed by atoms with van der Waals surface area (Å²) in [5, 5.41) is 6.88. The lowest BCUT2D eigenvalue weighted by molar-refractivity contribution is 1.13. The van der Waals surface area contributed by atoms with Crippen LogP contribution in [0.2, 0.25) is 0 Å². The number of aromatic nitrogens is 1. The van der Waals surface area contributed by atoms with E-state index >= 15 is 0 Å². The summed E-state index contributed by atoms with van der Waals surface area (Å²) < 4.78 is 0. The molecular weight excluding hydrogens is 300 g/mol. The van der Waals surface area contributed by atoms with Crippen molar-refractivity contribution in [2.75, 3.05) is 5.32 Å². The fourth-order valence-electron chi connectivity index (χ4n) is 2.61. The van der Waals surface area contributed by atoms with Crippen LogP contribution in [0.1, 0.15) is 5.56 Å². The molecular formula is C20H16N2S. The van der Waals surface area contributed by atoms with Gasteiger partial charge in [0.25, 0.3) is 0 Å². The van der Waals surface area contributed by atoms with Crippen molar-refractivity contribution in [3.8, 4) is 10.4 Å². The van der Waals surface area contributed by atoms with Crippen LogP contribution in [0.15, 0.2) is 79.0 Å². The van der Waals surface area contributed by atoms with Crippen molar-refractivity contribution in [3.63, 3.8) is 0 Å². The Hall–Kier alpha value is -2.65. The van der Waals surface area contributed by atoms with E-state index in [0.29, 0.717) is 0 Å². The first kappa shape index (κ1) is 14.0. The predicted octanol–water partition coefficient (Wildman–Crippen LogP) is 5.58. The van der Waals surface area contributed by atoms with Gasteiger partial charge in [0.05, 0.1) is 4.88 Å². The molecule has 0 amide bonds. The number of nitrogens with one attached hydrogen (secondary N) is 1. The van der Waals surface area contributed by atoms with Crippen LogP contribution < -0.4 is 5.32 Å². The van der Waals surface area contributed by atoms with Crippen LogP contribution in [0.4, 0.5) is 5.13 Å². The van der Waals surface area contributed by atoms with Gasteiger partial charge in [0, 0.05) is 12.7 Å². The van der Waals surface area contributed by atoms with Crippen molar-refractivity contribution in [1.82, 2.24) is 4.98 Å². The summed E-state index contributed by atoms with van der Waals surface area (Å²) in [5.74, 6) is 0. The van der Waals surface area contributed by atoms with Crippen LogP contribution in [0, 0.1) is 0 Å². The number of rotatable bonds is 4. The van der Waals surface area contributed by atoms with Crippen molar-refractivity contribution < 1.29 is 0 Å². The van der Waals surface area contributed by atoms with Crippen LogP contribution in [-0.2, 0) is 6.54 Å². The quantitative estimate of drug-likeness (QED) is 0.532. The lowest BCUT2D eigenvalue weighted by Gasteiger charge is -2.02. The van der Waals surface area contributed by atoms with Crippen molar-refractivity contribution in [2.45, 2.75) is 6.54 Å². The molecule has 0 aliphatic carbocycles. The topological polar surface area (TPSA) is 24.9 Å². The Morgan fingerprint density at radius 3 is 2.48 bits per heavy atom. The van der Waals surface area contributed by atoms with Gasteiger partial charge in [0.15, 0.2) is 5.13 Å². The molecule has 0 aliphatic heterocycles. The van der Waals surface area contributed by atoms with E-state index in [-0.39, 0.29) is 0 Å². The first-order valence-corrected chi connectivity index (χ1v) is 8.43. The van der Waals surface area contributed by atoms with Crippen LogP contribution >= 0.6 is 11.3 Å². The number of hydrogen-bond donors (Lipinski definition) is 1. The maximum absolute atomic E-state index is 4.50. The van der Waals surface area contributed by atoms with E-state index in [9.17, 15) is 0 Å². The second kappa shape index (κ2) is 6.23. The number of hydrogen-bond acceptors (Lipinski definition) is 3. The zero-order valence-electron chi connectivity index (χ0n) is 12.6. The highest BCUT2D eigenvalue weighted by atomic mass is 32.1. The highest BCUT2D eigenvalue weighted by Gasteiger charge is 2.05. The number of fused-ring (bicyclic) bond motifs is 1. The molecule has 3 aromatic carbocycles. The summed E-state index contributed by atoms with van der Waals surface area (Å²) in [4.78, 5) is 5.68. The fraction of sp³-hybridized carbons (Fsp3) is 0.0500. The third-order valence-electron chi connectivity index (χ3n) is 3.83. The van der Waals surface area contributed by atoms with E-state index in [1.54, 1.807) is 11.3 Å². The molecule has 0 unspecified atom stereocenters. The van der Waals surface area contributed by atoms with Gasteiger partial charge < -0.3 is 5.32 Å². The summed E-state index contributed by atoms with van der Waals surface area (Å²) in [6.45, 7) is 0.797. The molecule has 4 rings (SSSR count). The minimum atomic E-state index is 0.797. The summed E-state index contributed by atoms with van der Waals surface area (Å²) in [6, 6.07) is 25.4. The molecule has 0 fully saturated rings. The zero-order valence-corrected chi connectivity index (χ0v) is 13.4. The molecule has 0 bridgehead atoms. The molecule has 0 saturated carbocycles. The average Bonchev–Trinajstić information content (AvgIpc) is 3.09. The Bertz CT molecular complexity index is 928. The van der Waals surface area contributed by atoms with Crippen LogP contribution in [0.3, 0.4) is 0 Å². The Balaban J connectivity index is 1.54. The number of anilines is 1. The van der Waals surface area contributed by atoms with Gasteiger partial charge >= 0.3 is 0 Å². The Morgan fingerprint density at radius 2 is 1.61 bits per heavy atom. The second-order valence-electron chi connectivity index (χ2n) is 5.43. The van der Waals surface area contributed by atoms with E-state index in [1.165, 1.54) is 26.8 Å². The van der Waals surface area contributed by atoms with E-state index < -0.39 is 0 Å². The molecule has 112 valence electrons. The summed E-state index contributed by atoms with van der Waals surface area (Å²) in [5.41, 5.74) is 2.48. The Morgan fingerprint density at radius 1 is 0.826 bits per heavy atom. The SMILES string of the molecule is c1ccc(CNc2ncc(-c3ccc4ccccc4c3)s2)cc1. The maximum atomic E-state index is 4.50. The molecule has 0 saturated heterocycles. The van der Waals surface area contributed by atoms with Gasteiger partial charge in [0.1, 0.15) is 0 Å². The third kappa shape index (κ3) is 3.10. The van der Waals surface area contributed by atoms with Crippen molar-refractivity contribution in [2.24, 2.45) is 0 Å². The average molecular weight is 316 g/mol. The molecule has 0 aliphatic rings. The monoisotopic (exact) mass is 316 g/mol. The molecule has 0 radical (unpaired) electrons. The number of benzene rings is 3. The van der Waals surface area contributed by atoms with Crippen LogP contribution in [-0.4, -0.2) is 4.98 Å². The molecule has 4 aromatic rings. The third-order valence-corrected chi connectivity index (χ3v) is 4.83. The minimum Gasteiger partial charge on any atom is -0.357 e. The van der Waals surface area contributed by atoms with E-state index in [0.717, 1.165) is 11.7 Å². The lowest BCUT2D eigenvalue weighted by Crippen LogP contribution is -1.97. The first-order valence-electron chi connectivity index (χ1n) is 7.61. The smallest absolute Gasteiger partial charge is 0.183 e. The van der Waals surface area contributed by atoms with Crippen molar-refractivity contribution in [1.29, 1.82) is 0 Å². The second-order valence-corrected chi connectivity index (χ2v) is 6.46. The van der Waals surface area contributed by atoms with E-state index in [1.807, 2.05) is 12.3 Å². The highest BCUT2D eigenvalue weighted by Crippen LogP contribution is 2.31. The molecule has 0 spiro atoms. The molecule has 23 heavy (non-hydrogen) atoms. The van der Waals surface area contributed by atoms with Crippen LogP contribution in [0.5, 0.6) is 0 Å². The van der Waals surface area contributed by atoms with Gasteiger partial charge in [-0.3, -0.25) is 0 Å². The summed E-state index contributed by atoms with van der Waals surface area (Å²) in [7, 11) is 0. The molecule has 1 heterocycles. The molecule has 1 N–H and O–H groups in total. The Labute approximate surface area is 139 Å². The van der Waals surface area contributed by atoms with Crippen LogP contribution in [0.25, 0.3) is 21.2 Å². The van der Waals surface area contributed by atoms with Crippen molar-refractivity contribution >= 4 is 27.2 Å². The van der Waals surface area contributed by atoms with Crippen molar-refractivity contribution in [3.05, 3.63) is 84.6 Å². The van der Waals surface area contributed by atoms with E-state index in [2.05, 4.69) is 77.0 Å². The predicted molar refractivity (Wildman–Crippen MR) is 98.8 cm³/mol. The van der Waals surface area contributed by atoms with Gasteiger partial charge in [-0.15, -0.1) is 0 Å². The lowest BCUT2D eigenvalue weighted by atomic mass is 10.1. The normalized spacial score (nSPS) is 10.8. The number of nitrogens with zero attached hydrogens (tertiary/aromatic N) is 1. The van der Waals surface area contributed by atoms with Gasteiger partial charge in [-0.2, -0.15) is 0 Å². The standard InChI is InChI=1S/C20H16N2S/c1-2-6-15(7-3-1)13-21-20-22-14-19(23-20)18-11-10-16-8-4-5-9-17(16)12-18/h1-12,14H,13H2,(H,21,22). The molecule has 2 nitrogen and oxygen atoms in total. The molecule has 1 aromatic heterocycles. The highest BCUT2D eigenvalue weighted by molar-refractivity contribution is 7.18. The first-order chi connectivity index (χ1) is 11.4. The molecule has 3 heteroatoms. The van der Waals surface area contributed by atoms with Gasteiger partial charge in [-0.25, -0.2) is 4.98 Å². The van der Waals surface area contributed by atoms with Gasteiger partial charge in [-0.05, 0) is 28.0 Å². The molecule has 0 atom stereocenters. The van der Waals surface area contributed by atoms with Gasteiger partial charge in [0.2, 0.25) is 0 Å². The number of thiazole rings is 1. The Kier molecular flexibility index (Phi) is 3.78. The summed E-state index contributed by atoms with van der Waals surface area (Å²) >= 11 is 1.69. The zero-order chi connectivity index (χ0) is 15.5. The maximum Gasteiger partial charge on any atom is 0.183 e. The summed E-state index contributed by atoms with van der Waals surface area (Å²) in [6.07, 6.45) is 1.95. The minimum absolute atomic E-state index is 0.797. The fourth-order valence-corrected chi connectivity index (χ4v) is 3.41.